The van der Waals surface area contributed by atoms with Crippen LogP contribution in [0.15, 0.2) is 24.4 Å². The van der Waals surface area contributed by atoms with E-state index in [9.17, 15) is 22.2 Å². The Bertz CT molecular complexity index is 1290. The number of rotatable bonds is 6. The highest BCUT2D eigenvalue weighted by Crippen LogP contribution is 2.38. The summed E-state index contributed by atoms with van der Waals surface area (Å²) in [6.45, 7) is 0.657. The Morgan fingerprint density at radius 3 is 2.51 bits per heavy atom. The van der Waals surface area contributed by atoms with Crippen molar-refractivity contribution < 1.29 is 31.6 Å². The zero-order valence-corrected chi connectivity index (χ0v) is 22.5. The number of nitrogens with one attached hydrogen (secondary N) is 1. The van der Waals surface area contributed by atoms with Crippen LogP contribution in [-0.4, -0.2) is 61.9 Å². The maximum atomic E-state index is 12.4. The molecule has 0 bridgehead atoms. The van der Waals surface area contributed by atoms with Crippen molar-refractivity contribution >= 4 is 51.3 Å². The Morgan fingerprint density at radius 2 is 1.92 bits per heavy atom. The van der Waals surface area contributed by atoms with Crippen LogP contribution in [0.4, 0.5) is 13.2 Å². The van der Waals surface area contributed by atoms with E-state index in [-0.39, 0.29) is 38.8 Å². The molecule has 0 aliphatic carbocycles. The van der Waals surface area contributed by atoms with Gasteiger partial charge in [-0.3, -0.25) is 9.00 Å². The molecule has 3 heterocycles. The lowest BCUT2D eigenvalue weighted by molar-refractivity contribution is -0.153. The summed E-state index contributed by atoms with van der Waals surface area (Å²) in [6, 6.07) is 4.22. The topological polar surface area (TPSA) is 95.3 Å². The molecule has 4 rings (SSSR count). The van der Waals surface area contributed by atoms with Crippen LogP contribution in [0.1, 0.15) is 30.4 Å². The van der Waals surface area contributed by atoms with Crippen molar-refractivity contribution in [1.29, 1.82) is 0 Å². The summed E-state index contributed by atoms with van der Waals surface area (Å²) >= 11 is 12.0. The number of aryl methyl sites for hydroxylation is 1. The first-order chi connectivity index (χ1) is 17.4. The number of halogens is 5. The number of alkyl halides is 3. The van der Waals surface area contributed by atoms with Crippen LogP contribution in [0.5, 0.6) is 17.4 Å². The molecule has 0 unspecified atom stereocenters. The van der Waals surface area contributed by atoms with E-state index in [2.05, 4.69) is 22.2 Å². The average Bonchev–Trinajstić information content (AvgIpc) is 3.19. The number of fused-ring (bicyclic) bond motifs is 1. The van der Waals surface area contributed by atoms with Crippen LogP contribution in [0.3, 0.4) is 0 Å². The number of aldehydes is 1. The predicted molar refractivity (Wildman–Crippen MR) is 137 cm³/mol. The smallest absolute Gasteiger partial charge is 0.422 e. The number of ether oxygens (including phenoxy) is 2. The second-order valence-corrected chi connectivity index (χ2v) is 11.0. The Kier molecular flexibility index (Phi) is 9.43. The molecule has 1 saturated heterocycles. The summed E-state index contributed by atoms with van der Waals surface area (Å²) in [6.07, 6.45) is -0.683. The van der Waals surface area contributed by atoms with Gasteiger partial charge in [0.25, 0.3) is 5.88 Å². The van der Waals surface area contributed by atoms with Crippen molar-refractivity contribution in [3.63, 3.8) is 0 Å². The molecule has 2 aromatic heterocycles. The lowest BCUT2D eigenvalue weighted by atomic mass is 9.95. The molecule has 0 spiro atoms. The highest BCUT2D eigenvalue weighted by atomic mass is 35.5. The summed E-state index contributed by atoms with van der Waals surface area (Å²) in [5.74, 6) is 1.42. The fourth-order valence-electron chi connectivity index (χ4n) is 3.42. The summed E-state index contributed by atoms with van der Waals surface area (Å²) < 4.78 is 60.0. The number of hydrogen-bond donors (Lipinski definition) is 1. The Hall–Kier alpha value is -2.41. The highest BCUT2D eigenvalue weighted by molar-refractivity contribution is 7.85. The van der Waals surface area contributed by atoms with E-state index in [0.717, 1.165) is 30.4 Å². The second kappa shape index (κ2) is 12.0. The average molecular weight is 581 g/mol. The van der Waals surface area contributed by atoms with Crippen molar-refractivity contribution in [2.24, 2.45) is 7.05 Å². The standard InChI is InChI=1S/C16H10Cl2F3N3O3.C7H15NOS/c1-24-9-2-3-10(13(18)14(9)23-12(24)6-25)27-15-11(4-8(17)5-22-15)26-7-16(19,20)21;1-7(8-2)3-5-10(9)6-4-7/h2-6H,7H2,1H3;8H,3-6H2,1-2H3. The molecule has 1 aromatic carbocycles. The van der Waals surface area contributed by atoms with Gasteiger partial charge in [0.05, 0.1) is 10.5 Å². The molecule has 0 radical (unpaired) electrons. The van der Waals surface area contributed by atoms with Gasteiger partial charge in [0.15, 0.2) is 30.2 Å². The SMILES string of the molecule is CNC1(C)CCS(=O)CC1.Cn1c(C=O)nc2c(Cl)c(Oc3ncc(Cl)cc3OCC(F)(F)F)ccc21. The molecule has 8 nitrogen and oxygen atoms in total. The maximum Gasteiger partial charge on any atom is 0.422 e. The summed E-state index contributed by atoms with van der Waals surface area (Å²) in [5, 5.41) is 3.40. The van der Waals surface area contributed by atoms with Crippen molar-refractivity contribution in [2.75, 3.05) is 25.2 Å². The van der Waals surface area contributed by atoms with E-state index in [4.69, 9.17) is 32.7 Å². The number of carbonyl (C=O) groups is 1. The number of benzene rings is 1. The van der Waals surface area contributed by atoms with Gasteiger partial charge in [0.1, 0.15) is 10.5 Å². The lowest BCUT2D eigenvalue weighted by Crippen LogP contribution is -2.45. The van der Waals surface area contributed by atoms with E-state index >= 15 is 0 Å². The van der Waals surface area contributed by atoms with Crippen molar-refractivity contribution in [3.8, 4) is 17.4 Å². The quantitative estimate of drug-likeness (QED) is 0.394. The predicted octanol–water partition coefficient (Wildman–Crippen LogP) is 5.33. The minimum Gasteiger partial charge on any atom is -0.478 e. The van der Waals surface area contributed by atoms with Crippen molar-refractivity contribution in [2.45, 2.75) is 31.5 Å². The molecule has 1 fully saturated rings. The maximum absolute atomic E-state index is 12.4. The number of aromatic nitrogens is 3. The van der Waals surface area contributed by atoms with Gasteiger partial charge in [-0.1, -0.05) is 23.2 Å². The molecule has 37 heavy (non-hydrogen) atoms. The number of imidazole rings is 1. The molecule has 0 atom stereocenters. The van der Waals surface area contributed by atoms with Crippen molar-refractivity contribution in [1.82, 2.24) is 19.9 Å². The molecule has 1 aliphatic rings. The Labute approximate surface area is 223 Å². The van der Waals surface area contributed by atoms with Crippen LogP contribution in [0.2, 0.25) is 10.0 Å². The van der Waals surface area contributed by atoms with E-state index < -0.39 is 23.6 Å². The third kappa shape index (κ3) is 7.56. The molecule has 14 heteroatoms. The monoisotopic (exact) mass is 580 g/mol. The molecule has 0 amide bonds. The Balaban J connectivity index is 0.000000319. The first-order valence-corrected chi connectivity index (χ1v) is 13.3. The van der Waals surface area contributed by atoms with Gasteiger partial charge in [-0.2, -0.15) is 13.2 Å². The Morgan fingerprint density at radius 1 is 1.24 bits per heavy atom. The van der Waals surface area contributed by atoms with Gasteiger partial charge in [-0.15, -0.1) is 0 Å². The first kappa shape index (κ1) is 29.2. The molecular weight excluding hydrogens is 556 g/mol. The van der Waals surface area contributed by atoms with Crippen LogP contribution in [-0.2, 0) is 17.8 Å². The molecule has 202 valence electrons. The third-order valence-corrected chi connectivity index (χ3v) is 7.74. The number of carbonyl (C=O) groups excluding carboxylic acids is 1. The molecule has 3 aromatic rings. The summed E-state index contributed by atoms with van der Waals surface area (Å²) in [5.41, 5.74) is 1.13. The zero-order valence-electron chi connectivity index (χ0n) is 20.2. The second-order valence-electron chi connectivity index (χ2n) is 8.51. The van der Waals surface area contributed by atoms with E-state index in [1.807, 2.05) is 7.05 Å². The molecule has 0 saturated carbocycles. The van der Waals surface area contributed by atoms with Crippen LogP contribution < -0.4 is 14.8 Å². The van der Waals surface area contributed by atoms with Gasteiger partial charge < -0.3 is 19.4 Å². The van der Waals surface area contributed by atoms with Gasteiger partial charge in [0, 0.05) is 47.2 Å². The van der Waals surface area contributed by atoms with E-state index in [1.165, 1.54) is 16.8 Å². The number of hydrogen-bond acceptors (Lipinski definition) is 7. The van der Waals surface area contributed by atoms with E-state index in [0.29, 0.717) is 17.3 Å². The summed E-state index contributed by atoms with van der Waals surface area (Å²) in [4.78, 5) is 19.0. The minimum absolute atomic E-state index is 0.0646. The normalized spacial score (nSPS) is 19.7. The molecular formula is C23H25Cl2F3N4O4S. The summed E-state index contributed by atoms with van der Waals surface area (Å²) in [7, 11) is 3.09. The molecule has 1 aliphatic heterocycles. The number of nitrogens with zero attached hydrogens (tertiary/aromatic N) is 3. The zero-order chi connectivity index (χ0) is 27.4. The van der Waals surface area contributed by atoms with E-state index in [1.54, 1.807) is 13.1 Å². The van der Waals surface area contributed by atoms with Crippen LogP contribution in [0, 0.1) is 0 Å². The van der Waals surface area contributed by atoms with Crippen LogP contribution in [0.25, 0.3) is 11.0 Å². The molecule has 1 N–H and O–H groups in total. The van der Waals surface area contributed by atoms with Gasteiger partial charge >= 0.3 is 6.18 Å². The lowest BCUT2D eigenvalue weighted by Gasteiger charge is -2.32. The number of pyridine rings is 1. The third-order valence-electron chi connectivity index (χ3n) is 5.85. The highest BCUT2D eigenvalue weighted by Gasteiger charge is 2.30. The van der Waals surface area contributed by atoms with Gasteiger partial charge in [0.2, 0.25) is 0 Å². The first-order valence-electron chi connectivity index (χ1n) is 11.0. The minimum atomic E-state index is -4.55. The van der Waals surface area contributed by atoms with Crippen LogP contribution >= 0.6 is 23.2 Å². The largest absolute Gasteiger partial charge is 0.478 e. The van der Waals surface area contributed by atoms with Gasteiger partial charge in [-0.25, -0.2) is 9.97 Å². The fourth-order valence-corrected chi connectivity index (χ4v) is 5.37. The fraction of sp³-hybridized carbons (Fsp3) is 0.435. The van der Waals surface area contributed by atoms with Gasteiger partial charge in [-0.05, 0) is 38.9 Å². The van der Waals surface area contributed by atoms with Crippen molar-refractivity contribution in [3.05, 3.63) is 40.3 Å².